The van der Waals surface area contributed by atoms with Crippen LogP contribution < -0.4 is 0 Å². The van der Waals surface area contributed by atoms with Gasteiger partial charge in [-0.2, -0.15) is 0 Å². The van der Waals surface area contributed by atoms with Crippen molar-refractivity contribution in [3.63, 3.8) is 0 Å². The first-order valence-corrected chi connectivity index (χ1v) is 6.36. The summed E-state index contributed by atoms with van der Waals surface area (Å²) in [5.74, 6) is -0.935. The van der Waals surface area contributed by atoms with Crippen molar-refractivity contribution in [3.8, 4) is 0 Å². The fourth-order valence-corrected chi connectivity index (χ4v) is 2.18. The van der Waals surface area contributed by atoms with Crippen molar-refractivity contribution >= 4 is 11.8 Å². The summed E-state index contributed by atoms with van der Waals surface area (Å²) in [6, 6.07) is 9.63. The summed E-state index contributed by atoms with van der Waals surface area (Å²) in [4.78, 5) is 22.4. The molecule has 0 radical (unpaired) electrons. The Morgan fingerprint density at radius 2 is 1.89 bits per heavy atom. The second kappa shape index (κ2) is 6.14. The molecule has 98 valence electrons. The molecule has 3 heteroatoms. The molecule has 1 unspecified atom stereocenters. The number of benzene rings is 1. The van der Waals surface area contributed by atoms with Crippen LogP contribution in [-0.2, 0) is 9.59 Å². The Labute approximate surface area is 112 Å². The van der Waals surface area contributed by atoms with Gasteiger partial charge in [-0.1, -0.05) is 48.1 Å². The predicted molar refractivity (Wildman–Crippen MR) is 72.9 cm³/mol. The number of carbonyl (C=O) groups is 2. The molecule has 0 amide bonds. The third-order valence-electron chi connectivity index (χ3n) is 3.16. The van der Waals surface area contributed by atoms with Crippen molar-refractivity contribution in [1.29, 1.82) is 0 Å². The topological polar surface area (TPSA) is 54.4 Å². The van der Waals surface area contributed by atoms with Crippen LogP contribution in [-0.4, -0.2) is 16.9 Å². The van der Waals surface area contributed by atoms with Gasteiger partial charge in [0.2, 0.25) is 0 Å². The van der Waals surface area contributed by atoms with Gasteiger partial charge >= 0.3 is 5.97 Å². The van der Waals surface area contributed by atoms with Crippen molar-refractivity contribution in [3.05, 3.63) is 59.7 Å². The molecule has 1 aromatic rings. The van der Waals surface area contributed by atoms with E-state index in [4.69, 9.17) is 5.11 Å². The van der Waals surface area contributed by atoms with Crippen LogP contribution in [0.5, 0.6) is 0 Å². The van der Waals surface area contributed by atoms with Gasteiger partial charge in [-0.25, -0.2) is 0 Å². The molecule has 2 rings (SSSR count). The molecule has 0 saturated heterocycles. The van der Waals surface area contributed by atoms with Crippen LogP contribution in [0.4, 0.5) is 0 Å². The lowest BCUT2D eigenvalue weighted by Crippen LogP contribution is -2.11. The van der Waals surface area contributed by atoms with Gasteiger partial charge < -0.3 is 5.11 Å². The Kier molecular flexibility index (Phi) is 4.29. The predicted octanol–water partition coefficient (Wildman–Crippen LogP) is 3.09. The van der Waals surface area contributed by atoms with Crippen LogP contribution in [0.2, 0.25) is 0 Å². The van der Waals surface area contributed by atoms with E-state index in [1.54, 1.807) is 12.2 Å². The third-order valence-corrected chi connectivity index (χ3v) is 3.16. The fraction of sp³-hybridized carbons (Fsp3) is 0.250. The van der Waals surface area contributed by atoms with Gasteiger partial charge in [0.15, 0.2) is 5.78 Å². The van der Waals surface area contributed by atoms with Crippen molar-refractivity contribution in [2.45, 2.75) is 25.2 Å². The second-order valence-corrected chi connectivity index (χ2v) is 4.61. The third kappa shape index (κ3) is 3.65. The highest BCUT2D eigenvalue weighted by Crippen LogP contribution is 2.26. The van der Waals surface area contributed by atoms with E-state index in [0.717, 1.165) is 11.1 Å². The van der Waals surface area contributed by atoms with Crippen LogP contribution in [0.15, 0.2) is 54.1 Å². The minimum Gasteiger partial charge on any atom is -0.481 e. The van der Waals surface area contributed by atoms with Gasteiger partial charge in [-0.05, 0) is 24.5 Å². The maximum Gasteiger partial charge on any atom is 0.303 e. The van der Waals surface area contributed by atoms with Crippen LogP contribution >= 0.6 is 0 Å². The van der Waals surface area contributed by atoms with Crippen LogP contribution in [0.25, 0.3) is 0 Å². The van der Waals surface area contributed by atoms with Gasteiger partial charge in [0.1, 0.15) is 0 Å². The van der Waals surface area contributed by atoms with Crippen LogP contribution in [0, 0.1) is 0 Å². The van der Waals surface area contributed by atoms with E-state index in [1.165, 1.54) is 0 Å². The van der Waals surface area contributed by atoms with Crippen LogP contribution in [0.1, 0.15) is 30.7 Å². The largest absolute Gasteiger partial charge is 0.481 e. The van der Waals surface area contributed by atoms with E-state index in [1.807, 2.05) is 36.4 Å². The highest BCUT2D eigenvalue weighted by Gasteiger charge is 2.19. The monoisotopic (exact) mass is 256 g/mol. The Balaban J connectivity index is 2.07. The SMILES string of the molecule is O=C(O)CCCC1=CC(c2ccccc2)C(=O)C=C1. The van der Waals surface area contributed by atoms with Gasteiger partial charge in [0.25, 0.3) is 0 Å². The summed E-state index contributed by atoms with van der Waals surface area (Å²) in [7, 11) is 0. The molecule has 1 aliphatic carbocycles. The molecule has 1 aliphatic rings. The van der Waals surface area contributed by atoms with E-state index in [2.05, 4.69) is 0 Å². The Morgan fingerprint density at radius 3 is 2.58 bits per heavy atom. The minimum atomic E-state index is -0.781. The highest BCUT2D eigenvalue weighted by atomic mass is 16.4. The number of hydrogen-bond donors (Lipinski definition) is 1. The summed E-state index contributed by atoms with van der Waals surface area (Å²) in [6.45, 7) is 0. The first-order valence-electron chi connectivity index (χ1n) is 6.36. The molecule has 0 spiro atoms. The molecule has 3 nitrogen and oxygen atoms in total. The smallest absolute Gasteiger partial charge is 0.303 e. The number of rotatable bonds is 5. The molecule has 1 atom stereocenters. The molecular formula is C16H16O3. The molecule has 0 heterocycles. The van der Waals surface area contributed by atoms with E-state index in [9.17, 15) is 9.59 Å². The summed E-state index contributed by atoms with van der Waals surface area (Å²) >= 11 is 0. The van der Waals surface area contributed by atoms with Gasteiger partial charge in [0.05, 0.1) is 5.92 Å². The van der Waals surface area contributed by atoms with E-state index in [-0.39, 0.29) is 18.1 Å². The average Bonchev–Trinajstić information content (AvgIpc) is 2.41. The number of carboxylic acids is 1. The van der Waals surface area contributed by atoms with Gasteiger partial charge in [-0.3, -0.25) is 9.59 Å². The molecule has 0 aromatic heterocycles. The molecule has 0 fully saturated rings. The minimum absolute atomic E-state index is 0.0770. The van der Waals surface area contributed by atoms with Gasteiger partial charge in [0, 0.05) is 6.42 Å². The van der Waals surface area contributed by atoms with Crippen LogP contribution in [0.3, 0.4) is 0 Å². The first kappa shape index (κ1) is 13.3. The summed E-state index contributed by atoms with van der Waals surface area (Å²) in [5.41, 5.74) is 2.02. The standard InChI is InChI=1S/C16H16O3/c17-15-10-9-12(5-4-8-16(18)19)11-14(15)13-6-2-1-3-7-13/h1-3,6-7,9-11,14H,4-5,8H2,(H,18,19). The molecule has 19 heavy (non-hydrogen) atoms. The second-order valence-electron chi connectivity index (χ2n) is 4.61. The Bertz CT molecular complexity index is 526. The lowest BCUT2D eigenvalue weighted by atomic mass is 9.87. The maximum absolute atomic E-state index is 11.9. The highest BCUT2D eigenvalue weighted by molar-refractivity contribution is 5.98. The summed E-state index contributed by atoms with van der Waals surface area (Å²) < 4.78 is 0. The number of aliphatic carboxylic acids is 1. The van der Waals surface area contributed by atoms with Crippen molar-refractivity contribution in [2.75, 3.05) is 0 Å². The zero-order valence-corrected chi connectivity index (χ0v) is 10.6. The molecule has 0 bridgehead atoms. The summed E-state index contributed by atoms with van der Waals surface area (Å²) in [6.07, 6.45) is 6.78. The molecular weight excluding hydrogens is 240 g/mol. The average molecular weight is 256 g/mol. The van der Waals surface area contributed by atoms with Crippen molar-refractivity contribution in [2.24, 2.45) is 0 Å². The van der Waals surface area contributed by atoms with E-state index in [0.29, 0.717) is 12.8 Å². The number of carbonyl (C=O) groups excluding carboxylic acids is 1. The zero-order valence-electron chi connectivity index (χ0n) is 10.6. The van der Waals surface area contributed by atoms with Crippen molar-refractivity contribution < 1.29 is 14.7 Å². The lowest BCUT2D eigenvalue weighted by molar-refractivity contribution is -0.137. The van der Waals surface area contributed by atoms with E-state index < -0.39 is 5.97 Å². The zero-order chi connectivity index (χ0) is 13.7. The number of ketones is 1. The molecule has 0 aliphatic heterocycles. The molecule has 0 saturated carbocycles. The van der Waals surface area contributed by atoms with Crippen molar-refractivity contribution in [1.82, 2.24) is 0 Å². The Morgan fingerprint density at radius 1 is 1.16 bits per heavy atom. The number of hydrogen-bond acceptors (Lipinski definition) is 2. The Hall–Kier alpha value is -2.16. The normalized spacial score (nSPS) is 18.2. The maximum atomic E-state index is 11.9. The van der Waals surface area contributed by atoms with Gasteiger partial charge in [-0.15, -0.1) is 0 Å². The number of allylic oxidation sites excluding steroid dienone is 4. The lowest BCUT2D eigenvalue weighted by Gasteiger charge is -2.16. The number of carboxylic acid groups (broad SMARTS) is 1. The quantitative estimate of drug-likeness (QED) is 0.880. The molecule has 1 aromatic carbocycles. The first-order chi connectivity index (χ1) is 9.16. The molecule has 1 N–H and O–H groups in total. The fourth-order valence-electron chi connectivity index (χ4n) is 2.18. The summed E-state index contributed by atoms with van der Waals surface area (Å²) in [5, 5.41) is 8.62. The van der Waals surface area contributed by atoms with E-state index >= 15 is 0 Å².